The zero-order chi connectivity index (χ0) is 22.9. The summed E-state index contributed by atoms with van der Waals surface area (Å²) in [6.45, 7) is 1.57. The van der Waals surface area contributed by atoms with E-state index in [-0.39, 0.29) is 19.5 Å². The average molecular weight is 460 g/mol. The number of ether oxygens (including phenoxy) is 4. The maximum absolute atomic E-state index is 12.7. The fourth-order valence-electron chi connectivity index (χ4n) is 2.44. The van der Waals surface area contributed by atoms with Gasteiger partial charge in [0.2, 0.25) is 0 Å². The number of carboxylic acid groups (broad SMARTS) is 1. The van der Waals surface area contributed by atoms with Gasteiger partial charge in [-0.3, -0.25) is 0 Å². The van der Waals surface area contributed by atoms with Gasteiger partial charge >= 0.3 is 12.1 Å². The summed E-state index contributed by atoms with van der Waals surface area (Å²) in [4.78, 5) is 11.5. The lowest BCUT2D eigenvalue weighted by Crippen LogP contribution is -2.25. The van der Waals surface area contributed by atoms with E-state index in [2.05, 4.69) is 0 Å². The van der Waals surface area contributed by atoms with Crippen LogP contribution in [0.3, 0.4) is 0 Å². The molecule has 6 nitrogen and oxygen atoms in total. The highest BCUT2D eigenvalue weighted by Crippen LogP contribution is 2.30. The third kappa shape index (κ3) is 8.68. The number of hydrogen-bond donors (Lipinski definition) is 1. The van der Waals surface area contributed by atoms with Crippen LogP contribution in [0.15, 0.2) is 47.4 Å². The fraction of sp³-hybridized carbons (Fsp3) is 0.381. The number of alkyl halides is 3. The van der Waals surface area contributed by atoms with Crippen LogP contribution in [0.1, 0.15) is 11.1 Å². The van der Waals surface area contributed by atoms with Gasteiger partial charge < -0.3 is 24.1 Å². The van der Waals surface area contributed by atoms with Crippen LogP contribution < -0.4 is 9.47 Å². The van der Waals surface area contributed by atoms with Crippen molar-refractivity contribution < 1.29 is 42.0 Å². The summed E-state index contributed by atoms with van der Waals surface area (Å²) in [6.07, 6.45) is -4.78. The highest BCUT2D eigenvalue weighted by atomic mass is 32.2. The fourth-order valence-corrected chi connectivity index (χ4v) is 3.44. The molecule has 170 valence electrons. The van der Waals surface area contributed by atoms with Gasteiger partial charge in [0.15, 0.2) is 6.61 Å². The molecule has 0 saturated heterocycles. The molecule has 31 heavy (non-hydrogen) atoms. The number of hydrogen-bond acceptors (Lipinski definition) is 6. The Bertz CT molecular complexity index is 842. The van der Waals surface area contributed by atoms with Crippen LogP contribution in [-0.2, 0) is 20.4 Å². The Hall–Kier alpha value is -2.43. The third-order valence-electron chi connectivity index (χ3n) is 3.97. The van der Waals surface area contributed by atoms with Crippen LogP contribution >= 0.6 is 11.8 Å². The molecular formula is C21H23F3O6S. The van der Waals surface area contributed by atoms with Crippen molar-refractivity contribution in [3.63, 3.8) is 0 Å². The molecule has 2 aromatic carbocycles. The van der Waals surface area contributed by atoms with Gasteiger partial charge in [0, 0.05) is 17.8 Å². The monoisotopic (exact) mass is 460 g/mol. The van der Waals surface area contributed by atoms with Crippen molar-refractivity contribution >= 4 is 17.7 Å². The van der Waals surface area contributed by atoms with E-state index in [0.717, 1.165) is 22.6 Å². The molecule has 0 aromatic heterocycles. The largest absolute Gasteiger partial charge is 0.491 e. The quantitative estimate of drug-likeness (QED) is 0.365. The van der Waals surface area contributed by atoms with Crippen molar-refractivity contribution in [2.45, 2.75) is 24.1 Å². The third-order valence-corrected chi connectivity index (χ3v) is 5.10. The molecule has 0 fully saturated rings. The number of halogens is 3. The molecule has 0 aliphatic carbocycles. The number of thioether (sulfide) groups is 1. The first-order chi connectivity index (χ1) is 14.7. The standard InChI is InChI=1S/C21H23F3O6S/c1-14-9-18(7-8-19(14)29-11-20(25)26)31-12-17(30-13-27-2)10-28-16-5-3-15(4-6-16)21(22,23)24/h3-9,17H,10-13H2,1-2H3,(H,25,26). The molecule has 0 amide bonds. The predicted octanol–water partition coefficient (Wildman–Crippen LogP) is 4.64. The molecular weight excluding hydrogens is 437 g/mol. The maximum Gasteiger partial charge on any atom is 0.416 e. The van der Waals surface area contributed by atoms with Gasteiger partial charge in [0.05, 0.1) is 5.56 Å². The lowest BCUT2D eigenvalue weighted by molar-refractivity contribution is -0.139. The zero-order valence-corrected chi connectivity index (χ0v) is 17.8. The number of methoxy groups -OCH3 is 1. The highest BCUT2D eigenvalue weighted by Gasteiger charge is 2.30. The van der Waals surface area contributed by atoms with Crippen LogP contribution in [0.25, 0.3) is 0 Å². The summed E-state index contributed by atoms with van der Waals surface area (Å²) in [6, 6.07) is 9.83. The van der Waals surface area contributed by atoms with E-state index >= 15 is 0 Å². The summed E-state index contributed by atoms with van der Waals surface area (Å²) in [5.41, 5.74) is 0.0513. The normalized spacial score (nSPS) is 12.4. The number of aryl methyl sites for hydroxylation is 1. The van der Waals surface area contributed by atoms with Crippen molar-refractivity contribution in [3.05, 3.63) is 53.6 Å². The van der Waals surface area contributed by atoms with E-state index in [1.54, 1.807) is 12.1 Å². The van der Waals surface area contributed by atoms with Crippen LogP contribution in [0.5, 0.6) is 11.5 Å². The minimum Gasteiger partial charge on any atom is -0.491 e. The Labute approximate surface area is 182 Å². The van der Waals surface area contributed by atoms with E-state index in [9.17, 15) is 18.0 Å². The SMILES string of the molecule is COCOC(COc1ccc(C(F)(F)F)cc1)CSc1ccc(OCC(=O)O)c(C)c1. The molecule has 2 aromatic rings. The molecule has 0 saturated carbocycles. The van der Waals surface area contributed by atoms with E-state index in [0.29, 0.717) is 17.3 Å². The first kappa shape index (κ1) is 24.8. The molecule has 1 atom stereocenters. The minimum atomic E-state index is -4.40. The van der Waals surface area contributed by atoms with Gasteiger partial charge in [-0.05, 0) is 55.0 Å². The smallest absolute Gasteiger partial charge is 0.416 e. The molecule has 1 N–H and O–H groups in total. The van der Waals surface area contributed by atoms with Gasteiger partial charge in [-0.25, -0.2) is 4.79 Å². The van der Waals surface area contributed by atoms with Crippen molar-refractivity contribution in [1.29, 1.82) is 0 Å². The Morgan fingerprint density at radius 2 is 1.84 bits per heavy atom. The van der Waals surface area contributed by atoms with Crippen molar-refractivity contribution in [2.75, 3.05) is 32.9 Å². The molecule has 0 aliphatic rings. The highest BCUT2D eigenvalue weighted by molar-refractivity contribution is 7.99. The van der Waals surface area contributed by atoms with Gasteiger partial charge in [-0.15, -0.1) is 11.8 Å². The number of carboxylic acids is 1. The van der Waals surface area contributed by atoms with E-state index in [4.69, 9.17) is 24.1 Å². The first-order valence-electron chi connectivity index (χ1n) is 9.17. The van der Waals surface area contributed by atoms with Crippen LogP contribution in [-0.4, -0.2) is 50.0 Å². The summed E-state index contributed by atoms with van der Waals surface area (Å²) >= 11 is 1.49. The van der Waals surface area contributed by atoms with Crippen molar-refractivity contribution in [1.82, 2.24) is 0 Å². The van der Waals surface area contributed by atoms with Gasteiger partial charge in [-0.1, -0.05) is 0 Å². The molecule has 0 radical (unpaired) electrons. The lowest BCUT2D eigenvalue weighted by Gasteiger charge is -2.18. The van der Waals surface area contributed by atoms with Gasteiger partial charge in [0.1, 0.15) is 31.0 Å². The van der Waals surface area contributed by atoms with Gasteiger partial charge in [-0.2, -0.15) is 13.2 Å². The molecule has 0 aliphatic heterocycles. The Kier molecular flexibility index (Phi) is 9.47. The predicted molar refractivity (Wildman–Crippen MR) is 109 cm³/mol. The summed E-state index contributed by atoms with van der Waals surface area (Å²) in [5.74, 6) is 0.243. The first-order valence-corrected chi connectivity index (χ1v) is 10.2. The number of aliphatic carboxylic acids is 1. The van der Waals surface area contributed by atoms with Crippen LogP contribution in [0.4, 0.5) is 13.2 Å². The van der Waals surface area contributed by atoms with E-state index in [1.807, 2.05) is 13.0 Å². The summed E-state index contributed by atoms with van der Waals surface area (Å²) in [5, 5.41) is 8.70. The summed E-state index contributed by atoms with van der Waals surface area (Å²) in [7, 11) is 1.49. The Balaban J connectivity index is 1.92. The van der Waals surface area contributed by atoms with Gasteiger partial charge in [0.25, 0.3) is 0 Å². The second-order valence-electron chi connectivity index (χ2n) is 6.45. The second-order valence-corrected chi connectivity index (χ2v) is 7.54. The van der Waals surface area contributed by atoms with Crippen molar-refractivity contribution in [3.8, 4) is 11.5 Å². The van der Waals surface area contributed by atoms with Crippen LogP contribution in [0, 0.1) is 6.92 Å². The van der Waals surface area contributed by atoms with Crippen molar-refractivity contribution in [2.24, 2.45) is 0 Å². The number of rotatable bonds is 12. The molecule has 0 spiro atoms. The molecule has 0 bridgehead atoms. The van der Waals surface area contributed by atoms with E-state index < -0.39 is 24.3 Å². The lowest BCUT2D eigenvalue weighted by atomic mass is 10.2. The number of benzene rings is 2. The topological polar surface area (TPSA) is 74.2 Å². The van der Waals surface area contributed by atoms with E-state index in [1.165, 1.54) is 31.0 Å². The molecule has 0 heterocycles. The average Bonchev–Trinajstić information content (AvgIpc) is 2.72. The Morgan fingerprint density at radius 3 is 2.42 bits per heavy atom. The minimum absolute atomic E-state index is 0.0442. The maximum atomic E-state index is 12.7. The molecule has 2 rings (SSSR count). The molecule has 10 heteroatoms. The zero-order valence-electron chi connectivity index (χ0n) is 17.0. The van der Waals surface area contributed by atoms with Crippen LogP contribution in [0.2, 0.25) is 0 Å². The second kappa shape index (κ2) is 11.8. The Morgan fingerprint density at radius 1 is 1.13 bits per heavy atom. The number of carbonyl (C=O) groups is 1. The molecule has 1 unspecified atom stereocenters. The summed E-state index contributed by atoms with van der Waals surface area (Å²) < 4.78 is 59.3.